The fraction of sp³-hybridized carbons (Fsp3) is 0.360. The van der Waals surface area contributed by atoms with Gasteiger partial charge < -0.3 is 5.11 Å². The second-order valence-corrected chi connectivity index (χ2v) is 8.10. The maximum Gasteiger partial charge on any atom is 0.331 e. The second kappa shape index (κ2) is 10.1. The highest BCUT2D eigenvalue weighted by Gasteiger charge is 2.27. The molecule has 3 rings (SSSR count). The zero-order valence-electron chi connectivity index (χ0n) is 18.2. The standard InChI is InChI=1S/C25H27N3O4/c1-3-7-20(18(4-2)14-26)16-27-22-9-6-5-8-21(22)23(29)28(25(27)32)15-17-10-12-19(13-11-17)24(30)31/h3-9,17,19H,1,10-13,15-16H2,2H3,(H,30,31)/b18-4-,20-7-. The summed E-state index contributed by atoms with van der Waals surface area (Å²) in [5, 5.41) is 19.1. The van der Waals surface area contributed by atoms with E-state index in [0.717, 1.165) is 0 Å². The number of para-hydroxylation sites is 1. The van der Waals surface area contributed by atoms with Crippen LogP contribution in [0.4, 0.5) is 0 Å². The molecule has 7 heteroatoms. The number of carboxylic acid groups (broad SMARTS) is 1. The molecule has 0 aliphatic heterocycles. The Morgan fingerprint density at radius 2 is 1.91 bits per heavy atom. The van der Waals surface area contributed by atoms with E-state index in [4.69, 9.17) is 0 Å². The maximum absolute atomic E-state index is 13.5. The van der Waals surface area contributed by atoms with Gasteiger partial charge in [-0.3, -0.25) is 18.7 Å². The molecule has 166 valence electrons. The van der Waals surface area contributed by atoms with Crippen molar-refractivity contribution in [1.82, 2.24) is 9.13 Å². The summed E-state index contributed by atoms with van der Waals surface area (Å²) in [6, 6.07) is 9.10. The molecule has 0 atom stereocenters. The van der Waals surface area contributed by atoms with Gasteiger partial charge in [0.2, 0.25) is 0 Å². The molecule has 1 aromatic carbocycles. The molecule has 1 heterocycles. The molecule has 0 radical (unpaired) electrons. The van der Waals surface area contributed by atoms with Crippen LogP contribution in [-0.2, 0) is 17.9 Å². The predicted molar refractivity (Wildman–Crippen MR) is 123 cm³/mol. The van der Waals surface area contributed by atoms with Gasteiger partial charge in [-0.25, -0.2) is 4.79 Å². The van der Waals surface area contributed by atoms with Crippen molar-refractivity contribution in [2.75, 3.05) is 0 Å². The van der Waals surface area contributed by atoms with E-state index in [0.29, 0.717) is 47.7 Å². The van der Waals surface area contributed by atoms with E-state index in [1.807, 2.05) is 0 Å². The predicted octanol–water partition coefficient (Wildman–Crippen LogP) is 3.64. The number of nitriles is 1. The summed E-state index contributed by atoms with van der Waals surface area (Å²) in [6.07, 6.45) is 7.37. The number of aromatic nitrogens is 2. The average molecular weight is 434 g/mol. The van der Waals surface area contributed by atoms with Crippen LogP contribution >= 0.6 is 0 Å². The molecule has 0 saturated heterocycles. The minimum Gasteiger partial charge on any atom is -0.481 e. The fourth-order valence-electron chi connectivity index (χ4n) is 4.40. The number of carboxylic acids is 1. The first kappa shape index (κ1) is 23.0. The molecular formula is C25H27N3O4. The molecule has 1 aliphatic rings. The number of benzene rings is 1. The SMILES string of the molecule is C=C/C=C(Cn1c(=O)n(CC2CCC(C(=O)O)CC2)c(=O)c2ccccc21)\C(C#N)=C/C. The van der Waals surface area contributed by atoms with Crippen LogP contribution in [0.15, 0.2) is 69.8 Å². The van der Waals surface area contributed by atoms with Crippen molar-refractivity contribution in [2.45, 2.75) is 45.7 Å². The third-order valence-corrected chi connectivity index (χ3v) is 6.17. The minimum atomic E-state index is -0.785. The zero-order chi connectivity index (χ0) is 23.3. The normalized spacial score (nSPS) is 19.5. The highest BCUT2D eigenvalue weighted by Crippen LogP contribution is 2.29. The Hall–Kier alpha value is -3.66. The van der Waals surface area contributed by atoms with Crippen LogP contribution in [0.25, 0.3) is 10.9 Å². The van der Waals surface area contributed by atoms with E-state index in [-0.39, 0.29) is 30.5 Å². The second-order valence-electron chi connectivity index (χ2n) is 8.10. The lowest BCUT2D eigenvalue weighted by atomic mass is 9.82. The molecule has 1 fully saturated rings. The summed E-state index contributed by atoms with van der Waals surface area (Å²) in [6.45, 7) is 5.85. The number of carbonyl (C=O) groups is 1. The molecule has 0 amide bonds. The van der Waals surface area contributed by atoms with Crippen LogP contribution in [0, 0.1) is 23.2 Å². The van der Waals surface area contributed by atoms with E-state index in [1.54, 1.807) is 49.4 Å². The van der Waals surface area contributed by atoms with Gasteiger partial charge in [0.05, 0.1) is 35.0 Å². The van der Waals surface area contributed by atoms with Gasteiger partial charge in [-0.2, -0.15) is 5.26 Å². The Labute approximate surface area is 186 Å². The largest absolute Gasteiger partial charge is 0.481 e. The Bertz CT molecular complexity index is 1250. The molecule has 1 N–H and O–H groups in total. The van der Waals surface area contributed by atoms with Gasteiger partial charge in [-0.05, 0) is 56.2 Å². The molecule has 0 unspecified atom stereocenters. The number of hydrogen-bond donors (Lipinski definition) is 1. The highest BCUT2D eigenvalue weighted by atomic mass is 16.4. The topological polar surface area (TPSA) is 105 Å². The Morgan fingerprint density at radius 1 is 1.22 bits per heavy atom. The molecule has 0 spiro atoms. The van der Waals surface area contributed by atoms with Crippen molar-refractivity contribution < 1.29 is 9.90 Å². The van der Waals surface area contributed by atoms with Crippen LogP contribution in [0.3, 0.4) is 0 Å². The lowest BCUT2D eigenvalue weighted by molar-refractivity contribution is -0.143. The molecule has 7 nitrogen and oxygen atoms in total. The first-order valence-electron chi connectivity index (χ1n) is 10.7. The van der Waals surface area contributed by atoms with Gasteiger partial charge in [0.15, 0.2) is 0 Å². The number of allylic oxidation sites excluding steroid dienone is 5. The summed E-state index contributed by atoms with van der Waals surface area (Å²) in [5.41, 5.74) is 0.798. The quantitative estimate of drug-likeness (QED) is 0.530. The summed E-state index contributed by atoms with van der Waals surface area (Å²) < 4.78 is 2.79. The van der Waals surface area contributed by atoms with Crippen LogP contribution in [0.2, 0.25) is 0 Å². The summed E-state index contributed by atoms with van der Waals surface area (Å²) in [4.78, 5) is 37.9. The van der Waals surface area contributed by atoms with Gasteiger partial charge >= 0.3 is 11.7 Å². The van der Waals surface area contributed by atoms with E-state index < -0.39 is 11.7 Å². The molecular weight excluding hydrogens is 406 g/mol. The maximum atomic E-state index is 13.5. The molecule has 0 bridgehead atoms. The molecule has 1 aromatic heterocycles. The van der Waals surface area contributed by atoms with E-state index in [1.165, 1.54) is 9.13 Å². The van der Waals surface area contributed by atoms with Crippen molar-refractivity contribution in [3.05, 3.63) is 81.1 Å². The number of rotatable bonds is 7. The first-order valence-corrected chi connectivity index (χ1v) is 10.7. The minimum absolute atomic E-state index is 0.0685. The third-order valence-electron chi connectivity index (χ3n) is 6.17. The Balaban J connectivity index is 2.06. The number of nitrogens with zero attached hydrogens (tertiary/aromatic N) is 3. The van der Waals surface area contributed by atoms with Crippen LogP contribution in [-0.4, -0.2) is 20.2 Å². The van der Waals surface area contributed by atoms with Crippen molar-refractivity contribution in [2.24, 2.45) is 11.8 Å². The number of hydrogen-bond acceptors (Lipinski definition) is 4. The molecule has 1 aliphatic carbocycles. The van der Waals surface area contributed by atoms with Gasteiger partial charge in [0, 0.05) is 6.54 Å². The highest BCUT2D eigenvalue weighted by molar-refractivity contribution is 5.78. The van der Waals surface area contributed by atoms with Crippen molar-refractivity contribution in [3.8, 4) is 6.07 Å². The Kier molecular flexibility index (Phi) is 7.26. The molecule has 1 saturated carbocycles. The smallest absolute Gasteiger partial charge is 0.331 e. The number of fused-ring (bicyclic) bond motifs is 1. The zero-order valence-corrected chi connectivity index (χ0v) is 18.2. The van der Waals surface area contributed by atoms with Gasteiger partial charge in [-0.15, -0.1) is 0 Å². The van der Waals surface area contributed by atoms with Gasteiger partial charge in [0.25, 0.3) is 5.56 Å². The Morgan fingerprint density at radius 3 is 2.50 bits per heavy atom. The van der Waals surface area contributed by atoms with E-state index in [9.17, 15) is 24.8 Å². The van der Waals surface area contributed by atoms with E-state index in [2.05, 4.69) is 12.6 Å². The van der Waals surface area contributed by atoms with Crippen molar-refractivity contribution >= 4 is 16.9 Å². The lowest BCUT2D eigenvalue weighted by Crippen LogP contribution is -2.42. The van der Waals surface area contributed by atoms with Crippen LogP contribution in [0.5, 0.6) is 0 Å². The monoisotopic (exact) mass is 433 g/mol. The van der Waals surface area contributed by atoms with Crippen molar-refractivity contribution in [1.29, 1.82) is 5.26 Å². The average Bonchev–Trinajstić information content (AvgIpc) is 2.80. The molecule has 32 heavy (non-hydrogen) atoms. The summed E-state index contributed by atoms with van der Waals surface area (Å²) >= 11 is 0. The summed E-state index contributed by atoms with van der Waals surface area (Å²) in [5.74, 6) is -1.07. The lowest BCUT2D eigenvalue weighted by Gasteiger charge is -2.26. The summed E-state index contributed by atoms with van der Waals surface area (Å²) in [7, 11) is 0. The van der Waals surface area contributed by atoms with Gasteiger partial charge in [-0.1, -0.05) is 36.9 Å². The number of aliphatic carboxylic acids is 1. The first-order chi connectivity index (χ1) is 15.4. The van der Waals surface area contributed by atoms with Crippen LogP contribution in [0.1, 0.15) is 32.6 Å². The van der Waals surface area contributed by atoms with Gasteiger partial charge in [0.1, 0.15) is 0 Å². The van der Waals surface area contributed by atoms with Crippen LogP contribution < -0.4 is 11.2 Å². The molecule has 2 aromatic rings. The third kappa shape index (κ3) is 4.65. The van der Waals surface area contributed by atoms with E-state index >= 15 is 0 Å². The van der Waals surface area contributed by atoms with Crippen molar-refractivity contribution in [3.63, 3.8) is 0 Å². The fourth-order valence-corrected chi connectivity index (χ4v) is 4.40.